The van der Waals surface area contributed by atoms with Crippen molar-refractivity contribution in [3.8, 4) is 0 Å². The topological polar surface area (TPSA) is 9.23 Å². The van der Waals surface area contributed by atoms with E-state index < -0.39 is 0 Å². The van der Waals surface area contributed by atoms with Gasteiger partial charge in [0.25, 0.3) is 0 Å². The summed E-state index contributed by atoms with van der Waals surface area (Å²) in [7, 11) is 1.87. The maximum absolute atomic E-state index is 5.52. The fourth-order valence-electron chi connectivity index (χ4n) is 3.76. The average Bonchev–Trinajstić information content (AvgIpc) is 2.75. The zero-order chi connectivity index (χ0) is 8.13. The second kappa shape index (κ2) is 2.35. The number of hydrogen-bond donors (Lipinski definition) is 0. The van der Waals surface area contributed by atoms with E-state index in [0.29, 0.717) is 6.10 Å². The van der Waals surface area contributed by atoms with Crippen LogP contribution in [-0.2, 0) is 4.74 Å². The molecule has 3 rings (SSSR count). The van der Waals surface area contributed by atoms with Crippen molar-refractivity contribution in [1.82, 2.24) is 0 Å². The third-order valence-corrected chi connectivity index (χ3v) is 4.25. The zero-order valence-corrected chi connectivity index (χ0v) is 7.57. The number of allylic oxidation sites excluding steroid dienone is 2. The minimum atomic E-state index is 0.582. The van der Waals surface area contributed by atoms with Crippen molar-refractivity contribution in [2.24, 2.45) is 23.7 Å². The molecule has 3 aliphatic rings. The maximum atomic E-state index is 5.52. The molecule has 0 saturated heterocycles. The molecule has 0 amide bonds. The lowest BCUT2D eigenvalue weighted by Gasteiger charge is -2.30. The first-order valence-electron chi connectivity index (χ1n) is 5.09. The molecule has 2 bridgehead atoms. The fraction of sp³-hybridized carbons (Fsp3) is 0.818. The molecule has 0 aromatic heterocycles. The predicted octanol–water partition coefficient (Wildman–Crippen LogP) is 2.23. The SMILES string of the molecule is COC1CC2CC1C1C=CCC21. The first-order valence-corrected chi connectivity index (χ1v) is 5.09. The highest BCUT2D eigenvalue weighted by atomic mass is 16.5. The van der Waals surface area contributed by atoms with E-state index in [1.165, 1.54) is 19.3 Å². The molecule has 0 spiro atoms. The Morgan fingerprint density at radius 1 is 1.25 bits per heavy atom. The van der Waals surface area contributed by atoms with E-state index in [4.69, 9.17) is 4.74 Å². The molecule has 5 unspecified atom stereocenters. The van der Waals surface area contributed by atoms with Crippen molar-refractivity contribution >= 4 is 0 Å². The van der Waals surface area contributed by atoms with Gasteiger partial charge in [0.15, 0.2) is 0 Å². The quantitative estimate of drug-likeness (QED) is 0.540. The standard InChI is InChI=1S/C11H16O/c1-12-11-6-7-5-10(11)9-4-2-3-8(7)9/h2,4,7-11H,3,5-6H2,1H3. The summed E-state index contributed by atoms with van der Waals surface area (Å²) in [5.41, 5.74) is 0. The number of methoxy groups -OCH3 is 1. The van der Waals surface area contributed by atoms with Crippen LogP contribution in [0.1, 0.15) is 19.3 Å². The van der Waals surface area contributed by atoms with E-state index in [9.17, 15) is 0 Å². The molecule has 5 atom stereocenters. The summed E-state index contributed by atoms with van der Waals surface area (Å²) in [5, 5.41) is 0. The van der Waals surface area contributed by atoms with Gasteiger partial charge in [-0.05, 0) is 42.9 Å². The molecule has 3 aliphatic carbocycles. The highest BCUT2D eigenvalue weighted by Gasteiger charge is 2.52. The minimum absolute atomic E-state index is 0.582. The summed E-state index contributed by atoms with van der Waals surface area (Å²) in [6.45, 7) is 0. The van der Waals surface area contributed by atoms with Crippen molar-refractivity contribution in [1.29, 1.82) is 0 Å². The van der Waals surface area contributed by atoms with Crippen molar-refractivity contribution in [3.05, 3.63) is 12.2 Å². The molecule has 0 aromatic carbocycles. The van der Waals surface area contributed by atoms with Crippen LogP contribution in [0.3, 0.4) is 0 Å². The molecule has 66 valence electrons. The minimum Gasteiger partial charge on any atom is -0.381 e. The van der Waals surface area contributed by atoms with Crippen LogP contribution in [-0.4, -0.2) is 13.2 Å². The van der Waals surface area contributed by atoms with Crippen LogP contribution < -0.4 is 0 Å². The largest absolute Gasteiger partial charge is 0.381 e. The summed E-state index contributed by atoms with van der Waals surface area (Å²) in [5.74, 6) is 3.73. The smallest absolute Gasteiger partial charge is 0.0608 e. The van der Waals surface area contributed by atoms with Gasteiger partial charge in [0.1, 0.15) is 0 Å². The molecule has 1 nitrogen and oxygen atoms in total. The van der Waals surface area contributed by atoms with E-state index in [1.807, 2.05) is 7.11 Å². The Kier molecular flexibility index (Phi) is 1.40. The van der Waals surface area contributed by atoms with Crippen molar-refractivity contribution in [3.63, 3.8) is 0 Å². The summed E-state index contributed by atoms with van der Waals surface area (Å²) >= 11 is 0. The molecule has 0 N–H and O–H groups in total. The lowest BCUT2D eigenvalue weighted by Crippen LogP contribution is -2.29. The van der Waals surface area contributed by atoms with Crippen LogP contribution in [0.5, 0.6) is 0 Å². The number of rotatable bonds is 1. The summed E-state index contributed by atoms with van der Waals surface area (Å²) in [6.07, 6.45) is 9.54. The normalized spacial score (nSPS) is 54.9. The lowest BCUT2D eigenvalue weighted by atomic mass is 9.80. The average molecular weight is 164 g/mol. The Labute approximate surface area is 73.8 Å². The van der Waals surface area contributed by atoms with E-state index in [0.717, 1.165) is 23.7 Å². The van der Waals surface area contributed by atoms with Gasteiger partial charge in [0.2, 0.25) is 0 Å². The molecular weight excluding hydrogens is 148 g/mol. The van der Waals surface area contributed by atoms with E-state index in [-0.39, 0.29) is 0 Å². The second-order valence-electron chi connectivity index (χ2n) is 4.57. The van der Waals surface area contributed by atoms with E-state index in [2.05, 4.69) is 12.2 Å². The van der Waals surface area contributed by atoms with E-state index >= 15 is 0 Å². The van der Waals surface area contributed by atoms with E-state index in [1.54, 1.807) is 0 Å². The molecule has 0 heterocycles. The van der Waals surface area contributed by atoms with Gasteiger partial charge in [-0.15, -0.1) is 0 Å². The predicted molar refractivity (Wildman–Crippen MR) is 47.7 cm³/mol. The van der Waals surface area contributed by atoms with Gasteiger partial charge in [-0.3, -0.25) is 0 Å². The van der Waals surface area contributed by atoms with Crippen LogP contribution in [0.2, 0.25) is 0 Å². The van der Waals surface area contributed by atoms with Gasteiger partial charge < -0.3 is 4.74 Å². The van der Waals surface area contributed by atoms with Crippen molar-refractivity contribution in [2.75, 3.05) is 7.11 Å². The third kappa shape index (κ3) is 0.731. The van der Waals surface area contributed by atoms with Crippen LogP contribution in [0, 0.1) is 23.7 Å². The Bertz CT molecular complexity index is 221. The fourth-order valence-corrected chi connectivity index (χ4v) is 3.76. The first kappa shape index (κ1) is 7.14. The number of hydrogen-bond acceptors (Lipinski definition) is 1. The Morgan fingerprint density at radius 3 is 3.00 bits per heavy atom. The zero-order valence-electron chi connectivity index (χ0n) is 7.57. The van der Waals surface area contributed by atoms with Gasteiger partial charge in [-0.1, -0.05) is 12.2 Å². The van der Waals surface area contributed by atoms with Gasteiger partial charge in [-0.2, -0.15) is 0 Å². The summed E-state index contributed by atoms with van der Waals surface area (Å²) < 4.78 is 5.52. The summed E-state index contributed by atoms with van der Waals surface area (Å²) in [6, 6.07) is 0. The van der Waals surface area contributed by atoms with Gasteiger partial charge in [0.05, 0.1) is 6.10 Å². The number of ether oxygens (including phenoxy) is 1. The second-order valence-corrected chi connectivity index (χ2v) is 4.57. The van der Waals surface area contributed by atoms with Crippen molar-refractivity contribution < 1.29 is 4.74 Å². The van der Waals surface area contributed by atoms with Gasteiger partial charge in [-0.25, -0.2) is 0 Å². The first-order chi connectivity index (χ1) is 5.90. The van der Waals surface area contributed by atoms with Gasteiger partial charge >= 0.3 is 0 Å². The molecule has 2 saturated carbocycles. The van der Waals surface area contributed by atoms with Gasteiger partial charge in [0, 0.05) is 7.11 Å². The molecular formula is C11H16O. The van der Waals surface area contributed by atoms with Crippen LogP contribution in [0.15, 0.2) is 12.2 Å². The molecule has 2 fully saturated rings. The Morgan fingerprint density at radius 2 is 2.17 bits per heavy atom. The van der Waals surface area contributed by atoms with Crippen molar-refractivity contribution in [2.45, 2.75) is 25.4 Å². The summed E-state index contributed by atoms with van der Waals surface area (Å²) in [4.78, 5) is 0. The lowest BCUT2D eigenvalue weighted by molar-refractivity contribution is 0.0300. The third-order valence-electron chi connectivity index (χ3n) is 4.25. The highest BCUT2D eigenvalue weighted by molar-refractivity contribution is 5.14. The highest BCUT2D eigenvalue weighted by Crippen LogP contribution is 2.56. The molecule has 1 heteroatoms. The Hall–Kier alpha value is -0.300. The number of fused-ring (bicyclic) bond motifs is 5. The molecule has 0 radical (unpaired) electrons. The monoisotopic (exact) mass is 164 g/mol. The Balaban J connectivity index is 1.87. The maximum Gasteiger partial charge on any atom is 0.0608 e. The molecule has 0 aromatic rings. The molecule has 0 aliphatic heterocycles. The van der Waals surface area contributed by atoms with Crippen LogP contribution >= 0.6 is 0 Å². The molecule has 12 heavy (non-hydrogen) atoms. The van der Waals surface area contributed by atoms with Crippen LogP contribution in [0.25, 0.3) is 0 Å². The van der Waals surface area contributed by atoms with Crippen LogP contribution in [0.4, 0.5) is 0 Å².